The average molecular weight is 1850 g/mol. The van der Waals surface area contributed by atoms with Crippen LogP contribution < -0.4 is 39.2 Å². The molecule has 0 N–H and O–H groups in total. The molecule has 4 aliphatic rings. The van der Waals surface area contributed by atoms with E-state index in [-0.39, 0.29) is 74.4 Å². The third-order valence-corrected chi connectivity index (χ3v) is 28.6. The number of hydroxylamine groups is 8. The molecule has 0 aliphatic carbocycles. The summed E-state index contributed by atoms with van der Waals surface area (Å²) in [5.74, 6) is 7.84. The molecule has 0 radical (unpaired) electrons. The second-order valence-corrected chi connectivity index (χ2v) is 45.5. The van der Waals surface area contributed by atoms with Crippen molar-refractivity contribution in [2.75, 3.05) is 145 Å². The molecule has 4 saturated heterocycles. The Morgan fingerprint density at radius 2 is 0.432 bits per heavy atom. The first-order chi connectivity index (χ1) is 62.8. The third-order valence-electron chi connectivity index (χ3n) is 28.6. The van der Waals surface area contributed by atoms with Gasteiger partial charge in [0.15, 0.2) is 0 Å². The predicted molar refractivity (Wildman–Crippen MR) is 559 cm³/mol. The minimum Gasteiger partial charge on any atom is -0.344 e. The van der Waals surface area contributed by atoms with Gasteiger partial charge in [0, 0.05) is 153 Å². The molecule has 4 fully saturated rings. The maximum absolute atomic E-state index is 6.85. The topological polar surface area (TPSA) is 192 Å². The molecule has 3 aromatic rings. The molecule has 762 valence electrons. The number of piperidine rings is 4. The zero-order valence-electron chi connectivity index (χ0n) is 91.3. The van der Waals surface area contributed by atoms with E-state index in [0.29, 0.717) is 26.4 Å². The SMILES string of the molecule is CCCCC(CCCC)c1nc(N(CCCC)CCCC)nc(N(CCCCCCN(c2nc(N(C)CCCC)nc(N(CCCCCCN(c3nc(N(CCCC)CCCC)nc(N(CCCC)CCCC)n3)C3CC(C)(C)N(OCCC)C(C)(C)C3)C3CC(C)(C)N(OCCC)C(C)(C)C3)n2)C2CC(C)(C)N(OCCC)C(C)(C)C2)C2CC(C)(C)N(OCCC)C(C)(C)C2)n1. The Bertz CT molecular complexity index is 3270. The Morgan fingerprint density at radius 1 is 0.235 bits per heavy atom. The van der Waals surface area contributed by atoms with Crippen LogP contribution in [0.1, 0.15) is 469 Å². The molecule has 4 aliphatic heterocycles. The van der Waals surface area contributed by atoms with Crippen LogP contribution in [0.4, 0.5) is 47.6 Å². The van der Waals surface area contributed by atoms with Gasteiger partial charge in [-0.3, -0.25) is 19.4 Å². The van der Waals surface area contributed by atoms with Crippen molar-refractivity contribution in [1.82, 2.24) is 65.1 Å². The second-order valence-electron chi connectivity index (χ2n) is 45.5. The highest BCUT2D eigenvalue weighted by atomic mass is 16.7. The van der Waals surface area contributed by atoms with Crippen LogP contribution in [0.5, 0.6) is 0 Å². The molecular formula is C107H205N21O4. The van der Waals surface area contributed by atoms with E-state index >= 15 is 0 Å². The van der Waals surface area contributed by atoms with Crippen LogP contribution in [-0.2, 0) is 19.4 Å². The van der Waals surface area contributed by atoms with Crippen LogP contribution in [0, 0.1) is 0 Å². The molecule has 0 unspecified atom stereocenters. The zero-order chi connectivity index (χ0) is 97.1. The molecule has 0 amide bonds. The molecule has 7 heterocycles. The van der Waals surface area contributed by atoms with Crippen molar-refractivity contribution in [2.45, 2.75) is 532 Å². The number of rotatable bonds is 66. The lowest BCUT2D eigenvalue weighted by Crippen LogP contribution is -2.64. The highest BCUT2D eigenvalue weighted by Gasteiger charge is 2.54. The van der Waals surface area contributed by atoms with Gasteiger partial charge < -0.3 is 39.2 Å². The van der Waals surface area contributed by atoms with Crippen LogP contribution in [0.2, 0.25) is 0 Å². The number of aromatic nitrogens is 9. The predicted octanol–water partition coefficient (Wildman–Crippen LogP) is 25.4. The third kappa shape index (κ3) is 33.1. The van der Waals surface area contributed by atoms with Crippen molar-refractivity contribution in [2.24, 2.45) is 0 Å². The summed E-state index contributed by atoms with van der Waals surface area (Å²) >= 11 is 0. The largest absolute Gasteiger partial charge is 0.344 e. The van der Waals surface area contributed by atoms with Crippen molar-refractivity contribution < 1.29 is 19.4 Å². The van der Waals surface area contributed by atoms with Gasteiger partial charge in [0.2, 0.25) is 47.6 Å². The normalized spacial score (nSPS) is 18.9. The maximum Gasteiger partial charge on any atom is 0.232 e. The summed E-state index contributed by atoms with van der Waals surface area (Å²) in [6.07, 6.45) is 41.4. The Hall–Kier alpha value is -4.89. The summed E-state index contributed by atoms with van der Waals surface area (Å²) in [6, 6.07) is 0.562. The number of hydrogen-bond donors (Lipinski definition) is 0. The standard InChI is InChI=1S/C107H205N21O4/c1-31-44-61-86(62-45-32-2)91-108-93(118(64-47-34-4)65-48-35-5)113-96(109-91)121(87-78-100(14,15)125(129-74-40-10)101(16,17)79-87)70-57-53-54-58-71-122(88-80-102(18,19)126(130-75-41-11)103(20,21)81-88)97-110-92(117(30)63-46-33-3)111-98(116-97)123(89-82-104(22,23)127(131-76-42-12)105(24,25)83-89)72-59-55-56-60-73-124(90-84-106(26,27)128(132-77-43-13)107(28,29)85-90)99-114-94(119(66-49-36-6)67-50-37-7)112-95(115-99)120(68-51-38-8)69-52-39-9/h86-90H,31-85H2,1-30H3. The van der Waals surface area contributed by atoms with E-state index in [1.165, 1.54) is 0 Å². The molecule has 3 aromatic heterocycles. The van der Waals surface area contributed by atoms with E-state index in [0.717, 1.165) is 382 Å². The molecule has 7 rings (SSSR count). The van der Waals surface area contributed by atoms with Gasteiger partial charge in [-0.15, -0.1) is 0 Å². The Balaban J connectivity index is 1.33. The first-order valence-corrected chi connectivity index (χ1v) is 54.8. The smallest absolute Gasteiger partial charge is 0.232 e. The molecule has 0 bridgehead atoms. The van der Waals surface area contributed by atoms with Crippen molar-refractivity contribution in [3.8, 4) is 0 Å². The quantitative estimate of drug-likeness (QED) is 0.0484. The lowest BCUT2D eigenvalue weighted by molar-refractivity contribution is -0.282. The van der Waals surface area contributed by atoms with Gasteiger partial charge in [0.1, 0.15) is 5.82 Å². The molecule has 25 heteroatoms. The fraction of sp³-hybridized carbons (Fsp3) is 0.916. The van der Waals surface area contributed by atoms with E-state index in [2.05, 4.69) is 267 Å². The van der Waals surface area contributed by atoms with Crippen LogP contribution in [0.25, 0.3) is 0 Å². The second kappa shape index (κ2) is 55.2. The van der Waals surface area contributed by atoms with Crippen LogP contribution in [-0.4, -0.2) is 239 Å². The average Bonchev–Trinajstić information content (AvgIpc) is 0.764. The Labute approximate surface area is 810 Å². The zero-order valence-corrected chi connectivity index (χ0v) is 91.3. The van der Waals surface area contributed by atoms with Gasteiger partial charge in [-0.1, -0.05) is 186 Å². The lowest BCUT2D eigenvalue weighted by Gasteiger charge is -2.56. The number of anilines is 8. The minimum absolute atomic E-state index is 0.106. The van der Waals surface area contributed by atoms with Crippen molar-refractivity contribution in [3.63, 3.8) is 0 Å². The van der Waals surface area contributed by atoms with Crippen molar-refractivity contribution >= 4 is 47.6 Å². The van der Waals surface area contributed by atoms with Crippen molar-refractivity contribution in [1.29, 1.82) is 0 Å². The lowest BCUT2D eigenvalue weighted by atomic mass is 9.78. The molecule has 0 aromatic carbocycles. The fourth-order valence-corrected chi connectivity index (χ4v) is 22.6. The molecule has 25 nitrogen and oxygen atoms in total. The highest BCUT2D eigenvalue weighted by molar-refractivity contribution is 5.50. The number of hydrogen-bond acceptors (Lipinski definition) is 25. The maximum atomic E-state index is 6.85. The fourth-order valence-electron chi connectivity index (χ4n) is 22.6. The summed E-state index contributed by atoms with van der Waals surface area (Å²) in [5, 5.41) is 9.38. The van der Waals surface area contributed by atoms with Gasteiger partial charge in [-0.05, 0) is 271 Å². The monoisotopic (exact) mass is 1850 g/mol. The van der Waals surface area contributed by atoms with Gasteiger partial charge in [-0.2, -0.15) is 65.1 Å². The Morgan fingerprint density at radius 3 is 0.667 bits per heavy atom. The van der Waals surface area contributed by atoms with Gasteiger partial charge in [-0.25, -0.2) is 0 Å². The number of nitrogens with zero attached hydrogens (tertiary/aromatic N) is 21. The summed E-state index contributed by atoms with van der Waals surface area (Å²) in [7, 11) is 2.22. The first-order valence-electron chi connectivity index (χ1n) is 54.8. The minimum atomic E-state index is -0.295. The van der Waals surface area contributed by atoms with E-state index in [1.807, 2.05) is 0 Å². The van der Waals surface area contributed by atoms with Crippen LogP contribution in [0.3, 0.4) is 0 Å². The van der Waals surface area contributed by atoms with Crippen LogP contribution >= 0.6 is 0 Å². The van der Waals surface area contributed by atoms with Crippen LogP contribution in [0.15, 0.2) is 0 Å². The Kier molecular flexibility index (Phi) is 47.7. The van der Waals surface area contributed by atoms with E-state index in [9.17, 15) is 0 Å². The highest BCUT2D eigenvalue weighted by Crippen LogP contribution is 2.48. The molecule has 0 spiro atoms. The van der Waals surface area contributed by atoms with E-state index < -0.39 is 0 Å². The first kappa shape index (κ1) is 114. The molecule has 0 saturated carbocycles. The number of unbranched alkanes of at least 4 members (excludes halogenated alkanes) is 15. The molecule has 0 atom stereocenters. The summed E-state index contributed by atoms with van der Waals surface area (Å²) < 4.78 is 0. The molecule has 132 heavy (non-hydrogen) atoms. The van der Waals surface area contributed by atoms with Gasteiger partial charge in [0.05, 0.1) is 26.4 Å². The van der Waals surface area contributed by atoms with E-state index in [4.69, 9.17) is 64.2 Å². The summed E-state index contributed by atoms with van der Waals surface area (Å²) in [4.78, 5) is 99.4. The van der Waals surface area contributed by atoms with Gasteiger partial charge in [0.25, 0.3) is 0 Å². The van der Waals surface area contributed by atoms with E-state index in [1.54, 1.807) is 0 Å². The van der Waals surface area contributed by atoms with Crippen molar-refractivity contribution in [3.05, 3.63) is 5.82 Å². The summed E-state index contributed by atoms with van der Waals surface area (Å²) in [6.45, 7) is 80.5. The molecular weight excluding hydrogens is 1640 g/mol. The summed E-state index contributed by atoms with van der Waals surface area (Å²) in [5.41, 5.74) is -2.15. The van der Waals surface area contributed by atoms with Gasteiger partial charge >= 0.3 is 0 Å².